The Bertz CT molecular complexity index is 844. The lowest BCUT2D eigenvalue weighted by Crippen LogP contribution is -2.50. The van der Waals surface area contributed by atoms with Gasteiger partial charge in [0.1, 0.15) is 11.9 Å². The molecule has 0 N–H and O–H groups in total. The van der Waals surface area contributed by atoms with Gasteiger partial charge in [-0.2, -0.15) is 0 Å². The number of pyridine rings is 1. The number of piperidine rings is 2. The first-order chi connectivity index (χ1) is 14.5. The Morgan fingerprint density at radius 2 is 1.53 bits per heavy atom. The van der Waals surface area contributed by atoms with Crippen molar-refractivity contribution in [1.82, 2.24) is 14.8 Å². The summed E-state index contributed by atoms with van der Waals surface area (Å²) in [6.07, 6.45) is 8.08. The van der Waals surface area contributed by atoms with E-state index in [0.717, 1.165) is 74.3 Å². The lowest BCUT2D eigenvalue weighted by Gasteiger charge is -2.41. The molecule has 160 valence electrons. The van der Waals surface area contributed by atoms with E-state index in [4.69, 9.17) is 4.74 Å². The first-order valence-corrected chi connectivity index (χ1v) is 11.2. The molecule has 3 heterocycles. The summed E-state index contributed by atoms with van der Waals surface area (Å²) in [5.41, 5.74) is 4.30. The average Bonchev–Trinajstić information content (AvgIpc) is 2.74. The van der Waals surface area contributed by atoms with Gasteiger partial charge in [-0.05, 0) is 69.7 Å². The van der Waals surface area contributed by atoms with Gasteiger partial charge in [0.25, 0.3) is 5.91 Å². The number of aromatic nitrogens is 1. The summed E-state index contributed by atoms with van der Waals surface area (Å²) < 4.78 is 6.10. The highest BCUT2D eigenvalue weighted by Gasteiger charge is 2.31. The van der Waals surface area contributed by atoms with Gasteiger partial charge in [-0.3, -0.25) is 14.7 Å². The molecular formula is C25H33N3O2. The van der Waals surface area contributed by atoms with E-state index >= 15 is 0 Å². The van der Waals surface area contributed by atoms with Crippen molar-refractivity contribution in [3.05, 3.63) is 58.9 Å². The summed E-state index contributed by atoms with van der Waals surface area (Å²) in [7, 11) is 0. The molecule has 30 heavy (non-hydrogen) atoms. The van der Waals surface area contributed by atoms with Gasteiger partial charge in [0.05, 0.1) is 0 Å². The van der Waals surface area contributed by atoms with Crippen molar-refractivity contribution in [3.8, 4) is 5.75 Å². The van der Waals surface area contributed by atoms with Gasteiger partial charge in [-0.25, -0.2) is 0 Å². The number of amides is 1. The van der Waals surface area contributed by atoms with Crippen LogP contribution in [0.2, 0.25) is 0 Å². The number of likely N-dealkylation sites (tertiary alicyclic amines) is 2. The zero-order chi connectivity index (χ0) is 21.1. The van der Waals surface area contributed by atoms with Crippen LogP contribution in [0.15, 0.2) is 36.7 Å². The third-order valence-electron chi connectivity index (χ3n) is 6.59. The van der Waals surface area contributed by atoms with Gasteiger partial charge in [0, 0.05) is 50.2 Å². The molecular weight excluding hydrogens is 374 g/mol. The van der Waals surface area contributed by atoms with E-state index in [1.807, 2.05) is 12.1 Å². The summed E-state index contributed by atoms with van der Waals surface area (Å²) >= 11 is 0. The number of nitrogens with zero attached hydrogens (tertiary/aromatic N) is 3. The second kappa shape index (κ2) is 9.17. The van der Waals surface area contributed by atoms with Crippen LogP contribution in [-0.2, 0) is 0 Å². The second-order valence-corrected chi connectivity index (χ2v) is 8.83. The van der Waals surface area contributed by atoms with Crippen LogP contribution in [0.25, 0.3) is 0 Å². The first-order valence-electron chi connectivity index (χ1n) is 11.2. The number of hydrogen-bond donors (Lipinski definition) is 0. The predicted molar refractivity (Wildman–Crippen MR) is 119 cm³/mol. The fourth-order valence-electron chi connectivity index (χ4n) is 5.08. The fraction of sp³-hybridized carbons (Fsp3) is 0.520. The van der Waals surface area contributed by atoms with E-state index in [0.29, 0.717) is 6.04 Å². The average molecular weight is 408 g/mol. The van der Waals surface area contributed by atoms with Gasteiger partial charge in [0.2, 0.25) is 0 Å². The highest BCUT2D eigenvalue weighted by atomic mass is 16.5. The van der Waals surface area contributed by atoms with Crippen molar-refractivity contribution in [2.45, 2.75) is 58.6 Å². The lowest BCUT2D eigenvalue weighted by atomic mass is 9.96. The Hall–Kier alpha value is -2.40. The summed E-state index contributed by atoms with van der Waals surface area (Å²) in [5.74, 6) is 1.12. The van der Waals surface area contributed by atoms with Crippen LogP contribution in [-0.4, -0.2) is 59.0 Å². The molecule has 2 aliphatic rings. The number of hydrogen-bond acceptors (Lipinski definition) is 4. The second-order valence-electron chi connectivity index (χ2n) is 8.83. The third kappa shape index (κ3) is 4.67. The molecule has 2 aromatic rings. The molecule has 2 saturated heterocycles. The number of carbonyl (C=O) groups is 1. The minimum atomic E-state index is 0.202. The van der Waals surface area contributed by atoms with Crippen molar-refractivity contribution >= 4 is 5.91 Å². The number of carbonyl (C=O) groups excluding carboxylic acids is 1. The molecule has 5 nitrogen and oxygen atoms in total. The van der Waals surface area contributed by atoms with Crippen LogP contribution in [0.4, 0.5) is 0 Å². The fourth-order valence-corrected chi connectivity index (χ4v) is 5.08. The van der Waals surface area contributed by atoms with Crippen molar-refractivity contribution < 1.29 is 9.53 Å². The van der Waals surface area contributed by atoms with E-state index in [2.05, 4.69) is 47.7 Å². The van der Waals surface area contributed by atoms with Crippen LogP contribution in [0.5, 0.6) is 5.75 Å². The molecule has 1 aromatic carbocycles. The van der Waals surface area contributed by atoms with E-state index < -0.39 is 0 Å². The summed E-state index contributed by atoms with van der Waals surface area (Å²) in [6, 6.07) is 8.67. The van der Waals surface area contributed by atoms with Gasteiger partial charge >= 0.3 is 0 Å². The molecule has 5 heteroatoms. The van der Waals surface area contributed by atoms with Crippen molar-refractivity contribution in [2.75, 3.05) is 26.2 Å². The summed E-state index contributed by atoms with van der Waals surface area (Å²) in [6.45, 7) is 10.0. The third-order valence-corrected chi connectivity index (χ3v) is 6.59. The number of rotatable bonds is 4. The van der Waals surface area contributed by atoms with E-state index in [1.54, 1.807) is 12.4 Å². The quantitative estimate of drug-likeness (QED) is 0.764. The topological polar surface area (TPSA) is 45.7 Å². The van der Waals surface area contributed by atoms with E-state index in [1.165, 1.54) is 5.56 Å². The van der Waals surface area contributed by atoms with Crippen molar-refractivity contribution in [3.63, 3.8) is 0 Å². The van der Waals surface area contributed by atoms with Gasteiger partial charge < -0.3 is 9.64 Å². The standard InChI is InChI=1S/C25H33N3O2/c1-18-16-19(2)24(20(3)17-18)25(29)28-12-6-21(7-13-28)27-14-8-23(9-15-27)30-22-4-10-26-11-5-22/h4-5,10-11,16-17,21,23H,6-9,12-15H2,1-3H3. The summed E-state index contributed by atoms with van der Waals surface area (Å²) in [4.78, 5) is 21.9. The minimum Gasteiger partial charge on any atom is -0.490 e. The molecule has 0 spiro atoms. The molecule has 0 unspecified atom stereocenters. The Kier molecular flexibility index (Phi) is 6.38. The maximum atomic E-state index is 13.1. The lowest BCUT2D eigenvalue weighted by molar-refractivity contribution is 0.0425. The molecule has 0 bridgehead atoms. The predicted octanol–water partition coefficient (Wildman–Crippen LogP) is 4.15. The van der Waals surface area contributed by atoms with Crippen molar-refractivity contribution in [1.29, 1.82) is 0 Å². The SMILES string of the molecule is Cc1cc(C)c(C(=O)N2CCC(N3CCC(Oc4ccncc4)CC3)CC2)c(C)c1. The Balaban J connectivity index is 1.28. The molecule has 0 saturated carbocycles. The van der Waals surface area contributed by atoms with Crippen LogP contribution in [0.3, 0.4) is 0 Å². The first kappa shape index (κ1) is 20.9. The highest BCUT2D eigenvalue weighted by molar-refractivity contribution is 5.97. The molecule has 2 aliphatic heterocycles. The van der Waals surface area contributed by atoms with E-state index in [9.17, 15) is 4.79 Å². The maximum absolute atomic E-state index is 13.1. The van der Waals surface area contributed by atoms with Crippen LogP contribution < -0.4 is 4.74 Å². The van der Waals surface area contributed by atoms with E-state index in [-0.39, 0.29) is 12.0 Å². The molecule has 2 fully saturated rings. The molecule has 1 amide bonds. The molecule has 4 rings (SSSR count). The Labute approximate surface area is 180 Å². The van der Waals surface area contributed by atoms with Gasteiger partial charge in [0.15, 0.2) is 0 Å². The molecule has 1 aromatic heterocycles. The molecule has 0 radical (unpaired) electrons. The molecule has 0 atom stereocenters. The van der Waals surface area contributed by atoms with Crippen LogP contribution in [0, 0.1) is 20.8 Å². The monoisotopic (exact) mass is 407 g/mol. The minimum absolute atomic E-state index is 0.202. The number of aryl methyl sites for hydroxylation is 3. The molecule has 0 aliphatic carbocycles. The zero-order valence-electron chi connectivity index (χ0n) is 18.4. The van der Waals surface area contributed by atoms with Gasteiger partial charge in [-0.15, -0.1) is 0 Å². The Morgan fingerprint density at radius 1 is 0.933 bits per heavy atom. The van der Waals surface area contributed by atoms with Crippen molar-refractivity contribution in [2.24, 2.45) is 0 Å². The van der Waals surface area contributed by atoms with Crippen LogP contribution >= 0.6 is 0 Å². The maximum Gasteiger partial charge on any atom is 0.254 e. The number of benzene rings is 1. The Morgan fingerprint density at radius 3 is 2.13 bits per heavy atom. The normalized spacial score (nSPS) is 19.1. The van der Waals surface area contributed by atoms with Gasteiger partial charge in [-0.1, -0.05) is 17.7 Å². The zero-order valence-corrected chi connectivity index (χ0v) is 18.4. The highest BCUT2D eigenvalue weighted by Crippen LogP contribution is 2.26. The smallest absolute Gasteiger partial charge is 0.254 e. The summed E-state index contributed by atoms with van der Waals surface area (Å²) in [5, 5.41) is 0. The number of ether oxygens (including phenoxy) is 1. The largest absolute Gasteiger partial charge is 0.490 e. The van der Waals surface area contributed by atoms with Crippen LogP contribution in [0.1, 0.15) is 52.7 Å².